The van der Waals surface area contributed by atoms with Crippen molar-refractivity contribution in [3.8, 4) is 0 Å². The Hall–Kier alpha value is -1.11. The fourth-order valence-corrected chi connectivity index (χ4v) is 1.24. The van der Waals surface area contributed by atoms with Gasteiger partial charge in [-0.15, -0.1) is 6.82 Å². The molecule has 0 saturated carbocycles. The molecule has 63 valence electrons. The summed E-state index contributed by atoms with van der Waals surface area (Å²) in [7, 11) is 6.22. The fourth-order valence-electron chi connectivity index (χ4n) is 1.24. The molecule has 0 aliphatic heterocycles. The maximum Gasteiger partial charge on any atom is 0.0502 e. The standard InChI is InChI=1S/C9H9N.CH3B2/c1-7-3-2-4-9-8(7)5-6-10-9;1-3-2/h2-6,10H,1H3;1H3. The number of rotatable bonds is 0. The lowest BCUT2D eigenvalue weighted by molar-refractivity contribution is 1.47. The van der Waals surface area contributed by atoms with E-state index in [0.717, 1.165) is 0 Å². The van der Waals surface area contributed by atoms with Gasteiger partial charge in [0.25, 0.3) is 0 Å². The van der Waals surface area contributed by atoms with Crippen molar-refractivity contribution in [3.63, 3.8) is 0 Å². The third-order valence-electron chi connectivity index (χ3n) is 1.81. The average Bonchev–Trinajstić information content (AvgIpc) is 2.54. The van der Waals surface area contributed by atoms with Gasteiger partial charge in [0.2, 0.25) is 0 Å². The molecule has 0 atom stereocenters. The zero-order valence-corrected chi connectivity index (χ0v) is 8.04. The normalized spacial score (nSPS) is 9.08. The molecule has 0 saturated heterocycles. The Bertz CT molecular complexity index is 368. The number of hydrogen-bond donors (Lipinski definition) is 1. The minimum atomic E-state index is 1.22. The van der Waals surface area contributed by atoms with Gasteiger partial charge in [-0.05, 0) is 24.6 Å². The minimum absolute atomic E-state index is 1.22. The van der Waals surface area contributed by atoms with Gasteiger partial charge in [0.1, 0.15) is 0 Å². The van der Waals surface area contributed by atoms with Crippen molar-refractivity contribution in [1.82, 2.24) is 4.98 Å². The van der Waals surface area contributed by atoms with Crippen LogP contribution in [0, 0.1) is 6.92 Å². The van der Waals surface area contributed by atoms with Crippen LogP contribution >= 0.6 is 0 Å². The molecule has 1 aromatic carbocycles. The van der Waals surface area contributed by atoms with Crippen LogP contribution in [0.1, 0.15) is 5.56 Å². The van der Waals surface area contributed by atoms with Crippen molar-refractivity contribution in [1.29, 1.82) is 0 Å². The second kappa shape index (κ2) is 4.80. The number of nitrogens with one attached hydrogen (secondary N) is 1. The lowest BCUT2D eigenvalue weighted by Gasteiger charge is -1.92. The number of fused-ring (bicyclic) bond motifs is 1. The fraction of sp³-hybridized carbons (Fsp3) is 0.200. The van der Waals surface area contributed by atoms with E-state index in [9.17, 15) is 0 Å². The summed E-state index contributed by atoms with van der Waals surface area (Å²) in [6, 6.07) is 8.37. The van der Waals surface area contributed by atoms with Gasteiger partial charge in [0.15, 0.2) is 0 Å². The van der Waals surface area contributed by atoms with Gasteiger partial charge in [-0.2, -0.15) is 0 Å². The van der Waals surface area contributed by atoms with Crippen molar-refractivity contribution >= 4 is 25.8 Å². The van der Waals surface area contributed by atoms with Crippen LogP contribution in [0.4, 0.5) is 0 Å². The lowest BCUT2D eigenvalue weighted by atomic mass is 9.59. The minimum Gasteiger partial charge on any atom is -0.361 e. The highest BCUT2D eigenvalue weighted by molar-refractivity contribution is 6.88. The van der Waals surface area contributed by atoms with Crippen molar-refractivity contribution in [2.45, 2.75) is 13.7 Å². The zero-order valence-electron chi connectivity index (χ0n) is 8.04. The molecule has 2 rings (SSSR count). The highest BCUT2D eigenvalue weighted by Crippen LogP contribution is 2.15. The van der Waals surface area contributed by atoms with E-state index in [1.54, 1.807) is 6.82 Å². The largest absolute Gasteiger partial charge is 0.361 e. The van der Waals surface area contributed by atoms with E-state index < -0.39 is 0 Å². The summed E-state index contributed by atoms with van der Waals surface area (Å²) >= 11 is 0. The number of aromatic amines is 1. The van der Waals surface area contributed by atoms with Gasteiger partial charge >= 0.3 is 0 Å². The maximum atomic E-state index is 4.72. The molecule has 0 unspecified atom stereocenters. The predicted octanol–water partition coefficient (Wildman–Crippen LogP) is 2.30. The molecule has 1 nitrogen and oxygen atoms in total. The summed E-state index contributed by atoms with van der Waals surface area (Å²) in [4.78, 5) is 3.16. The molecular weight excluding hydrogens is 156 g/mol. The predicted molar refractivity (Wildman–Crippen MR) is 60.4 cm³/mol. The Morgan fingerprint density at radius 1 is 1.31 bits per heavy atom. The summed E-state index contributed by atoms with van der Waals surface area (Å²) in [6.45, 7) is 3.90. The number of aryl methyl sites for hydroxylation is 1. The van der Waals surface area contributed by atoms with Crippen LogP contribution in [0.5, 0.6) is 0 Å². The topological polar surface area (TPSA) is 15.8 Å². The van der Waals surface area contributed by atoms with E-state index in [2.05, 4.69) is 36.2 Å². The number of aromatic nitrogens is 1. The number of H-pyrrole nitrogens is 1. The summed E-state index contributed by atoms with van der Waals surface area (Å²) < 4.78 is 0. The Balaban J connectivity index is 0.000000251. The van der Waals surface area contributed by atoms with Gasteiger partial charge in [0.05, 0.1) is 7.17 Å². The van der Waals surface area contributed by atoms with E-state index in [1.807, 2.05) is 6.20 Å². The molecule has 0 spiro atoms. The first-order chi connectivity index (χ1) is 6.29. The molecule has 0 bridgehead atoms. The molecule has 2 aromatic rings. The highest BCUT2D eigenvalue weighted by atomic mass is 14.7. The molecule has 0 fully saturated rings. The number of benzene rings is 1. The zero-order chi connectivity index (χ0) is 9.68. The summed E-state index contributed by atoms with van der Waals surface area (Å²) in [6.07, 6.45) is 1.97. The molecule has 0 aliphatic carbocycles. The first-order valence-corrected chi connectivity index (χ1v) is 4.32. The smallest absolute Gasteiger partial charge is 0.0502 e. The van der Waals surface area contributed by atoms with Crippen LogP contribution in [0.3, 0.4) is 0 Å². The van der Waals surface area contributed by atoms with Gasteiger partial charge in [0, 0.05) is 24.8 Å². The molecular formula is C10H12B2N. The van der Waals surface area contributed by atoms with Gasteiger partial charge in [-0.3, -0.25) is 0 Å². The van der Waals surface area contributed by atoms with Crippen LogP contribution in [0.2, 0.25) is 6.82 Å². The van der Waals surface area contributed by atoms with Crippen molar-refractivity contribution in [2.75, 3.05) is 0 Å². The SMILES string of the molecule is Cc1cccc2[nH]ccc12.[B][B]C. The molecule has 1 N–H and O–H groups in total. The van der Waals surface area contributed by atoms with Crippen LogP contribution in [-0.4, -0.2) is 19.9 Å². The second-order valence-corrected chi connectivity index (χ2v) is 2.85. The van der Waals surface area contributed by atoms with Crippen LogP contribution in [-0.2, 0) is 0 Å². The van der Waals surface area contributed by atoms with Crippen molar-refractivity contribution in [3.05, 3.63) is 36.0 Å². The Kier molecular flexibility index (Phi) is 3.69. The van der Waals surface area contributed by atoms with E-state index in [1.165, 1.54) is 23.6 Å². The molecule has 1 aromatic heterocycles. The van der Waals surface area contributed by atoms with E-state index in [-0.39, 0.29) is 0 Å². The molecule has 3 heteroatoms. The van der Waals surface area contributed by atoms with Crippen LogP contribution in [0.25, 0.3) is 10.9 Å². The molecule has 0 aliphatic rings. The second-order valence-electron chi connectivity index (χ2n) is 2.85. The van der Waals surface area contributed by atoms with Gasteiger partial charge in [-0.25, -0.2) is 0 Å². The van der Waals surface area contributed by atoms with Crippen LogP contribution < -0.4 is 0 Å². The van der Waals surface area contributed by atoms with Crippen LogP contribution in [0.15, 0.2) is 30.5 Å². The van der Waals surface area contributed by atoms with Gasteiger partial charge in [-0.1, -0.05) is 12.1 Å². The molecule has 0 amide bonds. The summed E-state index contributed by atoms with van der Waals surface area (Å²) in [5.74, 6) is 0. The Morgan fingerprint density at radius 2 is 2.00 bits per heavy atom. The molecule has 1 heterocycles. The molecule has 3 radical (unpaired) electrons. The summed E-state index contributed by atoms with van der Waals surface area (Å²) in [5.41, 5.74) is 2.55. The van der Waals surface area contributed by atoms with E-state index in [4.69, 9.17) is 7.74 Å². The van der Waals surface area contributed by atoms with Crippen molar-refractivity contribution in [2.24, 2.45) is 0 Å². The Morgan fingerprint density at radius 3 is 2.62 bits per heavy atom. The third kappa shape index (κ3) is 2.41. The first-order valence-electron chi connectivity index (χ1n) is 4.32. The van der Waals surface area contributed by atoms with E-state index in [0.29, 0.717) is 0 Å². The van der Waals surface area contributed by atoms with Gasteiger partial charge < -0.3 is 4.98 Å². The number of hydrogen-bond acceptors (Lipinski definition) is 0. The maximum absolute atomic E-state index is 4.72. The van der Waals surface area contributed by atoms with Crippen molar-refractivity contribution < 1.29 is 0 Å². The Labute approximate surface area is 81.2 Å². The van der Waals surface area contributed by atoms with E-state index >= 15 is 0 Å². The lowest BCUT2D eigenvalue weighted by Crippen LogP contribution is -1.71. The molecule has 13 heavy (non-hydrogen) atoms. The summed E-state index contributed by atoms with van der Waals surface area (Å²) in [5, 5.41) is 1.32. The highest BCUT2D eigenvalue weighted by Gasteiger charge is 1.93. The average molecular weight is 168 g/mol. The first kappa shape index (κ1) is 9.97. The quantitative estimate of drug-likeness (QED) is 0.580. The third-order valence-corrected chi connectivity index (χ3v) is 1.81. The monoisotopic (exact) mass is 168 g/mol.